The first-order valence-electron chi connectivity index (χ1n) is 8.90. The van der Waals surface area contributed by atoms with Gasteiger partial charge in [0.25, 0.3) is 5.91 Å². The first kappa shape index (κ1) is 19.7. The second-order valence-electron chi connectivity index (χ2n) is 6.84. The molecule has 0 aliphatic carbocycles. The molecule has 1 unspecified atom stereocenters. The zero-order valence-corrected chi connectivity index (χ0v) is 16.3. The van der Waals surface area contributed by atoms with Crippen molar-refractivity contribution in [3.05, 3.63) is 64.1 Å². The van der Waals surface area contributed by atoms with Gasteiger partial charge in [0.15, 0.2) is 6.04 Å². The van der Waals surface area contributed by atoms with Gasteiger partial charge in [-0.25, -0.2) is 0 Å². The van der Waals surface area contributed by atoms with Crippen molar-refractivity contribution in [1.29, 1.82) is 0 Å². The fourth-order valence-electron chi connectivity index (χ4n) is 3.66. The van der Waals surface area contributed by atoms with E-state index >= 15 is 0 Å². The minimum atomic E-state index is -0.453. The zero-order chi connectivity index (χ0) is 19.4. The molecular formula is C20H22Cl2N3O2+. The number of amides is 2. The number of anilines is 1. The molecule has 0 radical (unpaired) electrons. The number of quaternary nitrogens is 1. The van der Waals surface area contributed by atoms with Crippen LogP contribution >= 0.6 is 23.2 Å². The molecule has 1 heterocycles. The summed E-state index contributed by atoms with van der Waals surface area (Å²) in [7, 11) is 0. The van der Waals surface area contributed by atoms with Gasteiger partial charge in [0, 0.05) is 21.3 Å². The van der Waals surface area contributed by atoms with Crippen LogP contribution in [-0.2, 0) is 9.59 Å². The van der Waals surface area contributed by atoms with Crippen molar-refractivity contribution in [2.45, 2.75) is 18.9 Å². The number of halogens is 2. The van der Waals surface area contributed by atoms with Crippen molar-refractivity contribution >= 4 is 40.7 Å². The van der Waals surface area contributed by atoms with E-state index in [1.807, 2.05) is 30.3 Å². The molecule has 142 valence electrons. The number of carbonyl (C=O) groups is 2. The van der Waals surface area contributed by atoms with Gasteiger partial charge in [-0.1, -0.05) is 53.5 Å². The van der Waals surface area contributed by atoms with Gasteiger partial charge in [0.1, 0.15) is 0 Å². The van der Waals surface area contributed by atoms with Crippen LogP contribution in [0.1, 0.15) is 24.4 Å². The van der Waals surface area contributed by atoms with E-state index < -0.39 is 6.04 Å². The van der Waals surface area contributed by atoms with E-state index in [2.05, 4.69) is 5.32 Å². The Labute approximate surface area is 168 Å². The maximum atomic E-state index is 13.2. The highest BCUT2D eigenvalue weighted by Crippen LogP contribution is 2.23. The first-order chi connectivity index (χ1) is 12.9. The second kappa shape index (κ2) is 8.74. The topological polar surface area (TPSA) is 76.6 Å². The summed E-state index contributed by atoms with van der Waals surface area (Å²) in [6, 6.07) is 14.0. The zero-order valence-electron chi connectivity index (χ0n) is 14.8. The maximum Gasteiger partial charge on any atom is 0.287 e. The molecule has 1 saturated heterocycles. The summed E-state index contributed by atoms with van der Waals surface area (Å²) >= 11 is 12.1. The molecule has 2 amide bonds. The predicted octanol–water partition coefficient (Wildman–Crippen LogP) is 2.45. The molecular weight excluding hydrogens is 385 g/mol. The molecule has 2 aromatic rings. The molecule has 1 fully saturated rings. The van der Waals surface area contributed by atoms with E-state index in [0.717, 1.165) is 29.8 Å². The molecule has 27 heavy (non-hydrogen) atoms. The van der Waals surface area contributed by atoms with Gasteiger partial charge in [-0.05, 0) is 31.0 Å². The van der Waals surface area contributed by atoms with Crippen LogP contribution in [0.25, 0.3) is 0 Å². The van der Waals surface area contributed by atoms with E-state index in [-0.39, 0.29) is 17.7 Å². The van der Waals surface area contributed by atoms with Crippen LogP contribution in [0.15, 0.2) is 48.5 Å². The van der Waals surface area contributed by atoms with Gasteiger partial charge >= 0.3 is 0 Å². The van der Waals surface area contributed by atoms with Gasteiger partial charge in [-0.2, -0.15) is 0 Å². The fourth-order valence-corrected chi connectivity index (χ4v) is 4.19. The largest absolute Gasteiger partial charge is 0.369 e. The molecule has 3 rings (SSSR count). The van der Waals surface area contributed by atoms with Crippen LogP contribution in [0.4, 0.5) is 5.69 Å². The summed E-state index contributed by atoms with van der Waals surface area (Å²) in [5.74, 6) is -0.686. The number of benzene rings is 2. The van der Waals surface area contributed by atoms with Crippen LogP contribution in [0.3, 0.4) is 0 Å². The lowest BCUT2D eigenvalue weighted by molar-refractivity contribution is -0.928. The summed E-state index contributed by atoms with van der Waals surface area (Å²) < 4.78 is 0. The van der Waals surface area contributed by atoms with Gasteiger partial charge in [-0.15, -0.1) is 0 Å². The smallest absolute Gasteiger partial charge is 0.287 e. The van der Waals surface area contributed by atoms with Crippen molar-refractivity contribution < 1.29 is 14.5 Å². The average molecular weight is 407 g/mol. The lowest BCUT2D eigenvalue weighted by Crippen LogP contribution is -3.15. The molecule has 0 spiro atoms. The van der Waals surface area contributed by atoms with Crippen LogP contribution in [0.2, 0.25) is 10.0 Å². The Balaban J connectivity index is 1.87. The maximum absolute atomic E-state index is 13.2. The standard InChI is InChI=1S/C20H21Cl2N3O2/c21-15-9-16(22)11-17(10-15)24-20(27)18(13-5-2-1-3-6-13)25-8-4-7-14(12-25)19(23)26/h1-3,5-6,9-11,14,18H,4,7-8,12H2,(H2,23,26)(H,24,27)/p+1/t14-,18+/m0/s1. The summed E-state index contributed by atoms with van der Waals surface area (Å²) in [6.07, 6.45) is 1.62. The molecule has 0 saturated carbocycles. The minimum Gasteiger partial charge on any atom is -0.369 e. The number of hydrogen-bond acceptors (Lipinski definition) is 2. The number of nitrogens with two attached hydrogens (primary N) is 1. The Bertz CT molecular complexity index is 809. The fraction of sp³-hybridized carbons (Fsp3) is 0.300. The third-order valence-corrected chi connectivity index (χ3v) is 5.33. The van der Waals surface area contributed by atoms with Crippen molar-refractivity contribution in [2.75, 3.05) is 18.4 Å². The third-order valence-electron chi connectivity index (χ3n) is 4.89. The lowest BCUT2D eigenvalue weighted by atomic mass is 9.94. The molecule has 0 bridgehead atoms. The molecule has 0 aromatic heterocycles. The number of hydrogen-bond donors (Lipinski definition) is 3. The molecule has 2 aromatic carbocycles. The van der Waals surface area contributed by atoms with E-state index in [9.17, 15) is 9.59 Å². The quantitative estimate of drug-likeness (QED) is 0.712. The Morgan fingerprint density at radius 1 is 1.11 bits per heavy atom. The Morgan fingerprint density at radius 3 is 2.41 bits per heavy atom. The summed E-state index contributed by atoms with van der Waals surface area (Å²) in [6.45, 7) is 1.34. The molecule has 1 aliphatic rings. The highest BCUT2D eigenvalue weighted by molar-refractivity contribution is 6.35. The van der Waals surface area contributed by atoms with Crippen LogP contribution in [0, 0.1) is 5.92 Å². The number of primary amides is 1. The van der Waals surface area contributed by atoms with Crippen molar-refractivity contribution in [3.63, 3.8) is 0 Å². The number of likely N-dealkylation sites (tertiary alicyclic amines) is 1. The first-order valence-corrected chi connectivity index (χ1v) is 9.65. The number of nitrogens with one attached hydrogen (secondary N) is 2. The van der Waals surface area contributed by atoms with Crippen molar-refractivity contribution in [3.8, 4) is 0 Å². The minimum absolute atomic E-state index is 0.167. The SMILES string of the molecule is NC(=O)[C@H]1CCC[NH+]([C@@H](C(=O)Nc2cc(Cl)cc(Cl)c2)c2ccccc2)C1. The third kappa shape index (κ3) is 5.01. The van der Waals surface area contributed by atoms with Crippen molar-refractivity contribution in [1.82, 2.24) is 0 Å². The van der Waals surface area contributed by atoms with E-state index in [1.165, 1.54) is 0 Å². The van der Waals surface area contributed by atoms with E-state index in [0.29, 0.717) is 22.3 Å². The summed E-state index contributed by atoms with van der Waals surface area (Å²) in [4.78, 5) is 25.9. The summed E-state index contributed by atoms with van der Waals surface area (Å²) in [5.41, 5.74) is 6.95. The molecule has 1 aliphatic heterocycles. The van der Waals surface area contributed by atoms with Crippen LogP contribution in [-0.4, -0.2) is 24.9 Å². The molecule has 7 heteroatoms. The molecule has 3 atom stereocenters. The Morgan fingerprint density at radius 2 is 1.78 bits per heavy atom. The Hall–Kier alpha value is -2.08. The number of carbonyl (C=O) groups excluding carboxylic acids is 2. The lowest BCUT2D eigenvalue weighted by Gasteiger charge is -2.33. The normalized spacial score (nSPS) is 20.7. The summed E-state index contributed by atoms with van der Waals surface area (Å²) in [5, 5.41) is 3.82. The Kier molecular flexibility index (Phi) is 6.37. The van der Waals surface area contributed by atoms with Gasteiger partial charge in [0.2, 0.25) is 5.91 Å². The van der Waals surface area contributed by atoms with E-state index in [1.54, 1.807) is 18.2 Å². The molecule has 5 nitrogen and oxygen atoms in total. The van der Waals surface area contributed by atoms with Crippen LogP contribution < -0.4 is 16.0 Å². The van der Waals surface area contributed by atoms with Gasteiger partial charge in [-0.3, -0.25) is 9.59 Å². The average Bonchev–Trinajstić information content (AvgIpc) is 2.62. The second-order valence-corrected chi connectivity index (χ2v) is 7.72. The van der Waals surface area contributed by atoms with E-state index in [4.69, 9.17) is 28.9 Å². The van der Waals surface area contributed by atoms with Crippen LogP contribution in [0.5, 0.6) is 0 Å². The number of piperidine rings is 1. The van der Waals surface area contributed by atoms with Crippen molar-refractivity contribution in [2.24, 2.45) is 11.7 Å². The molecule has 4 N–H and O–H groups in total. The van der Waals surface area contributed by atoms with Gasteiger partial charge < -0.3 is 16.0 Å². The highest BCUT2D eigenvalue weighted by atomic mass is 35.5. The monoisotopic (exact) mass is 406 g/mol. The predicted molar refractivity (Wildman–Crippen MR) is 107 cm³/mol. The highest BCUT2D eigenvalue weighted by Gasteiger charge is 2.37. The number of rotatable bonds is 5. The van der Waals surface area contributed by atoms with Gasteiger partial charge in [0.05, 0.1) is 19.0 Å².